The molecule has 1 aromatic carbocycles. The Morgan fingerprint density at radius 3 is 2.33 bits per heavy atom. The van der Waals surface area contributed by atoms with Crippen LogP contribution < -0.4 is 9.47 Å². The lowest BCUT2D eigenvalue weighted by Crippen LogP contribution is -2.52. The van der Waals surface area contributed by atoms with Gasteiger partial charge in [-0.1, -0.05) is 19.1 Å². The Morgan fingerprint density at radius 2 is 1.70 bits per heavy atom. The molecule has 0 aromatic heterocycles. The first-order valence-electron chi connectivity index (χ1n) is 10.5. The Kier molecular flexibility index (Phi) is 7.00. The van der Waals surface area contributed by atoms with Crippen molar-refractivity contribution in [1.82, 2.24) is 9.80 Å². The van der Waals surface area contributed by atoms with Crippen molar-refractivity contribution in [2.45, 2.75) is 58.6 Å². The minimum atomic E-state index is -0.0323. The largest absolute Gasteiger partial charge is 0.490 e. The Balaban J connectivity index is 1.49. The summed E-state index contributed by atoms with van der Waals surface area (Å²) in [5.41, 5.74) is 0. The Hall–Kier alpha value is -1.75. The molecule has 5 nitrogen and oxygen atoms in total. The minimum absolute atomic E-state index is 0.0323. The van der Waals surface area contributed by atoms with E-state index < -0.39 is 0 Å². The number of benzene rings is 1. The molecule has 0 spiro atoms. The van der Waals surface area contributed by atoms with Crippen molar-refractivity contribution in [1.29, 1.82) is 0 Å². The van der Waals surface area contributed by atoms with Gasteiger partial charge in [0.25, 0.3) is 0 Å². The maximum atomic E-state index is 12.8. The molecule has 2 aliphatic heterocycles. The van der Waals surface area contributed by atoms with E-state index in [9.17, 15) is 4.79 Å². The molecule has 27 heavy (non-hydrogen) atoms. The average Bonchev–Trinajstić information content (AvgIpc) is 2.70. The third-order valence-corrected chi connectivity index (χ3v) is 5.92. The van der Waals surface area contributed by atoms with Crippen LogP contribution in [0.5, 0.6) is 11.5 Å². The highest BCUT2D eigenvalue weighted by molar-refractivity contribution is 5.81. The van der Waals surface area contributed by atoms with Crippen molar-refractivity contribution in [3.05, 3.63) is 24.3 Å². The van der Waals surface area contributed by atoms with Gasteiger partial charge in [0, 0.05) is 26.2 Å². The second-order valence-electron chi connectivity index (χ2n) is 7.92. The van der Waals surface area contributed by atoms with Gasteiger partial charge in [0.05, 0.1) is 12.6 Å². The third kappa shape index (κ3) is 5.16. The zero-order chi connectivity index (χ0) is 19.2. The van der Waals surface area contributed by atoms with Crippen molar-refractivity contribution in [3.63, 3.8) is 0 Å². The van der Waals surface area contributed by atoms with Crippen LogP contribution in [-0.2, 0) is 4.79 Å². The van der Waals surface area contributed by atoms with E-state index in [2.05, 4.69) is 23.6 Å². The lowest BCUT2D eigenvalue weighted by atomic mass is 9.98. The van der Waals surface area contributed by atoms with Crippen LogP contribution in [0.4, 0.5) is 0 Å². The van der Waals surface area contributed by atoms with Crippen LogP contribution >= 0.6 is 0 Å². The Labute approximate surface area is 163 Å². The van der Waals surface area contributed by atoms with E-state index >= 15 is 0 Å². The van der Waals surface area contributed by atoms with Gasteiger partial charge in [-0.2, -0.15) is 0 Å². The van der Waals surface area contributed by atoms with Crippen LogP contribution in [0.3, 0.4) is 0 Å². The summed E-state index contributed by atoms with van der Waals surface area (Å²) in [6.45, 7) is 10.6. The van der Waals surface area contributed by atoms with E-state index in [0.29, 0.717) is 12.5 Å². The first-order valence-corrected chi connectivity index (χ1v) is 10.5. The molecule has 1 amide bonds. The van der Waals surface area contributed by atoms with Gasteiger partial charge in [0.2, 0.25) is 5.91 Å². The summed E-state index contributed by atoms with van der Waals surface area (Å²) < 4.78 is 11.9. The van der Waals surface area contributed by atoms with Crippen LogP contribution in [0.1, 0.15) is 46.5 Å². The summed E-state index contributed by atoms with van der Waals surface area (Å²) in [6, 6.07) is 7.84. The van der Waals surface area contributed by atoms with Gasteiger partial charge in [0.1, 0.15) is 6.10 Å². The zero-order valence-corrected chi connectivity index (χ0v) is 17.0. The zero-order valence-electron chi connectivity index (χ0n) is 17.0. The van der Waals surface area contributed by atoms with Gasteiger partial charge in [-0.05, 0) is 57.6 Å². The number of amides is 1. The fourth-order valence-electron chi connectivity index (χ4n) is 4.03. The number of piperidine rings is 2. The molecular formula is C22H34N2O3. The SMILES string of the molecule is CCOc1ccccc1OC1CCN(C(C)C(=O)N2CCC(C)CC2)CC1. The molecule has 0 aliphatic carbocycles. The molecule has 2 fully saturated rings. The predicted octanol–water partition coefficient (Wildman–Crippen LogP) is 3.58. The number of carbonyl (C=O) groups excluding carboxylic acids is 1. The molecule has 2 saturated heterocycles. The summed E-state index contributed by atoms with van der Waals surface area (Å²) in [5.74, 6) is 2.68. The maximum Gasteiger partial charge on any atom is 0.239 e. The molecule has 1 atom stereocenters. The number of nitrogens with zero attached hydrogens (tertiary/aromatic N) is 2. The quantitative estimate of drug-likeness (QED) is 0.763. The lowest BCUT2D eigenvalue weighted by molar-refractivity contribution is -0.138. The van der Waals surface area contributed by atoms with Crippen LogP contribution in [0.15, 0.2) is 24.3 Å². The molecule has 0 radical (unpaired) electrons. The van der Waals surface area contributed by atoms with Crippen molar-refractivity contribution in [2.24, 2.45) is 5.92 Å². The van der Waals surface area contributed by atoms with Gasteiger partial charge in [-0.3, -0.25) is 9.69 Å². The van der Waals surface area contributed by atoms with E-state index in [-0.39, 0.29) is 12.1 Å². The standard InChI is InChI=1S/C22H34N2O3/c1-4-26-20-7-5-6-8-21(20)27-19-11-15-23(16-12-19)18(3)22(25)24-13-9-17(2)10-14-24/h5-8,17-19H,4,9-16H2,1-3H3. The van der Waals surface area contributed by atoms with Gasteiger partial charge in [-0.15, -0.1) is 0 Å². The maximum absolute atomic E-state index is 12.8. The molecule has 150 valence electrons. The van der Waals surface area contributed by atoms with Crippen LogP contribution in [-0.4, -0.2) is 60.6 Å². The van der Waals surface area contributed by atoms with E-state index in [1.807, 2.05) is 31.2 Å². The molecule has 1 aromatic rings. The molecule has 3 rings (SSSR count). The predicted molar refractivity (Wildman–Crippen MR) is 107 cm³/mol. The molecule has 2 heterocycles. The van der Waals surface area contributed by atoms with Crippen molar-refractivity contribution >= 4 is 5.91 Å². The van der Waals surface area contributed by atoms with Crippen LogP contribution in [0.25, 0.3) is 0 Å². The van der Waals surface area contributed by atoms with Gasteiger partial charge in [-0.25, -0.2) is 0 Å². The highest BCUT2D eigenvalue weighted by atomic mass is 16.5. The van der Waals surface area contributed by atoms with Crippen LogP contribution in [0, 0.1) is 5.92 Å². The molecule has 0 N–H and O–H groups in total. The fourth-order valence-corrected chi connectivity index (χ4v) is 4.03. The molecule has 0 saturated carbocycles. The summed E-state index contributed by atoms with van der Waals surface area (Å²) >= 11 is 0. The first kappa shape index (κ1) is 20.0. The molecule has 0 bridgehead atoms. The number of hydrogen-bond donors (Lipinski definition) is 0. The van der Waals surface area contributed by atoms with E-state index in [4.69, 9.17) is 9.47 Å². The van der Waals surface area contributed by atoms with Gasteiger partial charge >= 0.3 is 0 Å². The molecule has 1 unspecified atom stereocenters. The second-order valence-corrected chi connectivity index (χ2v) is 7.92. The van der Waals surface area contributed by atoms with Crippen molar-refractivity contribution in [3.8, 4) is 11.5 Å². The number of ether oxygens (including phenoxy) is 2. The summed E-state index contributed by atoms with van der Waals surface area (Å²) in [5, 5.41) is 0. The molecular weight excluding hydrogens is 340 g/mol. The molecule has 5 heteroatoms. The monoisotopic (exact) mass is 374 g/mol. The topological polar surface area (TPSA) is 42.0 Å². The van der Waals surface area contributed by atoms with E-state index in [0.717, 1.165) is 69.3 Å². The summed E-state index contributed by atoms with van der Waals surface area (Å²) in [7, 11) is 0. The number of carbonyl (C=O) groups is 1. The molecule has 2 aliphatic rings. The third-order valence-electron chi connectivity index (χ3n) is 5.92. The Bertz CT molecular complexity index is 605. The smallest absolute Gasteiger partial charge is 0.239 e. The number of para-hydroxylation sites is 2. The van der Waals surface area contributed by atoms with Crippen molar-refractivity contribution in [2.75, 3.05) is 32.8 Å². The Morgan fingerprint density at radius 1 is 1.07 bits per heavy atom. The van der Waals surface area contributed by atoms with Gasteiger partial charge < -0.3 is 14.4 Å². The normalized spacial score (nSPS) is 21.1. The summed E-state index contributed by atoms with van der Waals surface area (Å²) in [6.07, 6.45) is 4.33. The lowest BCUT2D eigenvalue weighted by Gasteiger charge is -2.39. The first-order chi connectivity index (χ1) is 13.1. The number of hydrogen-bond acceptors (Lipinski definition) is 4. The van der Waals surface area contributed by atoms with Crippen molar-refractivity contribution < 1.29 is 14.3 Å². The number of likely N-dealkylation sites (tertiary alicyclic amines) is 2. The van der Waals surface area contributed by atoms with Gasteiger partial charge in [0.15, 0.2) is 11.5 Å². The van der Waals surface area contributed by atoms with Crippen LogP contribution in [0.2, 0.25) is 0 Å². The van der Waals surface area contributed by atoms with E-state index in [1.165, 1.54) is 0 Å². The number of rotatable bonds is 6. The highest BCUT2D eigenvalue weighted by Crippen LogP contribution is 2.29. The average molecular weight is 375 g/mol. The summed E-state index contributed by atoms with van der Waals surface area (Å²) in [4.78, 5) is 17.2. The second kappa shape index (κ2) is 9.45. The van der Waals surface area contributed by atoms with E-state index in [1.54, 1.807) is 0 Å². The minimum Gasteiger partial charge on any atom is -0.490 e. The highest BCUT2D eigenvalue weighted by Gasteiger charge is 2.31. The fraction of sp³-hybridized carbons (Fsp3) is 0.682.